The van der Waals surface area contributed by atoms with Gasteiger partial charge in [0.2, 0.25) is 0 Å². The second-order valence-corrected chi connectivity index (χ2v) is 5.82. The maximum Gasteiger partial charge on any atom is 0.317 e. The van der Waals surface area contributed by atoms with Gasteiger partial charge in [-0.05, 0) is 5.41 Å². The highest BCUT2D eigenvalue weighted by Gasteiger charge is 2.29. The number of nitrogens with one attached hydrogen (secondary N) is 1. The first-order chi connectivity index (χ1) is 11.1. The monoisotopic (exact) mass is 345 g/mol. The second kappa shape index (κ2) is 9.75. The van der Waals surface area contributed by atoms with Crippen molar-refractivity contribution in [1.29, 1.82) is 0 Å². The number of benzene rings is 1. The van der Waals surface area contributed by atoms with Crippen molar-refractivity contribution in [2.75, 3.05) is 26.3 Å². The maximum absolute atomic E-state index is 10.7. The number of phenolic OH excluding ortho intramolecular Hbond substituents is 1. The molecule has 0 aliphatic rings. The lowest BCUT2D eigenvalue weighted by atomic mass is 9.85. The summed E-state index contributed by atoms with van der Waals surface area (Å²) in [5, 5.41) is 50.2. The molecule has 24 heavy (non-hydrogen) atoms. The van der Waals surface area contributed by atoms with Crippen molar-refractivity contribution in [3.63, 3.8) is 0 Å². The van der Waals surface area contributed by atoms with Gasteiger partial charge in [-0.1, -0.05) is 20.8 Å². The molecule has 0 bridgehead atoms. The van der Waals surface area contributed by atoms with E-state index in [0.717, 1.165) is 12.1 Å². The Morgan fingerprint density at radius 1 is 1.04 bits per heavy atom. The highest BCUT2D eigenvalue weighted by Crippen LogP contribution is 2.40. The summed E-state index contributed by atoms with van der Waals surface area (Å²) >= 11 is 0. The van der Waals surface area contributed by atoms with Crippen LogP contribution in [-0.4, -0.2) is 51.5 Å². The minimum atomic E-state index is -0.836. The third kappa shape index (κ3) is 6.86. The van der Waals surface area contributed by atoms with Crippen molar-refractivity contribution in [1.82, 2.24) is 5.32 Å². The van der Waals surface area contributed by atoms with Gasteiger partial charge >= 0.3 is 5.69 Å². The van der Waals surface area contributed by atoms with E-state index in [1.807, 2.05) is 0 Å². The van der Waals surface area contributed by atoms with E-state index >= 15 is 0 Å². The van der Waals surface area contributed by atoms with E-state index in [4.69, 9.17) is 10.2 Å². The molecule has 0 amide bonds. The lowest BCUT2D eigenvalue weighted by molar-refractivity contribution is -0.394. The first-order valence-electron chi connectivity index (χ1n) is 7.15. The Morgan fingerprint density at radius 3 is 1.88 bits per heavy atom. The van der Waals surface area contributed by atoms with Crippen molar-refractivity contribution in [3.8, 4) is 5.75 Å². The first-order valence-corrected chi connectivity index (χ1v) is 7.15. The molecule has 136 valence electrons. The molecule has 0 heterocycles. The van der Waals surface area contributed by atoms with Crippen molar-refractivity contribution >= 4 is 11.4 Å². The summed E-state index contributed by atoms with van der Waals surface area (Å²) in [6.45, 7) is 6.53. The van der Waals surface area contributed by atoms with Gasteiger partial charge in [0.1, 0.15) is 0 Å². The molecule has 1 aromatic carbocycles. The summed E-state index contributed by atoms with van der Waals surface area (Å²) < 4.78 is 0. The van der Waals surface area contributed by atoms with Crippen LogP contribution in [0.2, 0.25) is 0 Å². The number of phenols is 1. The molecule has 1 rings (SSSR count). The van der Waals surface area contributed by atoms with E-state index in [9.17, 15) is 25.3 Å². The molecule has 0 saturated heterocycles. The normalized spacial score (nSPS) is 10.7. The molecule has 0 spiro atoms. The number of hydrogen-bond donors (Lipinski definition) is 4. The van der Waals surface area contributed by atoms with Crippen LogP contribution in [0, 0.1) is 20.2 Å². The molecule has 0 fully saturated rings. The zero-order chi connectivity index (χ0) is 18.9. The lowest BCUT2D eigenvalue weighted by Crippen LogP contribution is -2.21. The van der Waals surface area contributed by atoms with Crippen LogP contribution in [0.5, 0.6) is 5.75 Å². The zero-order valence-electron chi connectivity index (χ0n) is 13.9. The number of nitro groups is 2. The molecule has 1 aromatic rings. The number of aliphatic hydroxyl groups excluding tert-OH is 2. The van der Waals surface area contributed by atoms with Crippen LogP contribution in [0.1, 0.15) is 26.3 Å². The minimum absolute atomic E-state index is 0.139. The van der Waals surface area contributed by atoms with Gasteiger partial charge in [0.25, 0.3) is 5.69 Å². The Bertz CT molecular complexity index is 566. The fourth-order valence-corrected chi connectivity index (χ4v) is 1.70. The summed E-state index contributed by atoms with van der Waals surface area (Å²) in [4.78, 5) is 19.8. The van der Waals surface area contributed by atoms with Crippen LogP contribution in [0.25, 0.3) is 0 Å². The van der Waals surface area contributed by atoms with Gasteiger partial charge in [0, 0.05) is 24.7 Å². The summed E-state index contributed by atoms with van der Waals surface area (Å²) in [6, 6.07) is 1.91. The Morgan fingerprint density at radius 2 is 1.54 bits per heavy atom. The summed E-state index contributed by atoms with van der Waals surface area (Å²) in [5.74, 6) is -0.520. The molecule has 4 N–H and O–H groups in total. The predicted molar refractivity (Wildman–Crippen MR) is 87.2 cm³/mol. The molecular formula is C14H23N3O7. The van der Waals surface area contributed by atoms with Crippen LogP contribution in [0.15, 0.2) is 12.1 Å². The van der Waals surface area contributed by atoms with Crippen molar-refractivity contribution in [3.05, 3.63) is 37.9 Å². The first kappa shape index (κ1) is 21.7. The number of nitrogens with zero attached hydrogens (tertiary/aromatic N) is 2. The van der Waals surface area contributed by atoms with Gasteiger partial charge in [-0.15, -0.1) is 0 Å². The van der Waals surface area contributed by atoms with E-state index in [-0.39, 0.29) is 18.8 Å². The van der Waals surface area contributed by atoms with Crippen LogP contribution in [-0.2, 0) is 5.41 Å². The number of aliphatic hydroxyl groups is 2. The molecule has 0 radical (unpaired) electrons. The Balaban J connectivity index is 0.000000640. The number of nitro benzene ring substituents is 2. The SMILES string of the molecule is CC(C)(C)c1cc([N+](=O)[O-])cc([N+](=O)[O-])c1O.OCCNCCO. The number of aromatic hydroxyl groups is 1. The molecule has 0 saturated carbocycles. The van der Waals surface area contributed by atoms with Gasteiger partial charge in [-0.3, -0.25) is 20.2 Å². The minimum Gasteiger partial charge on any atom is -0.502 e. The van der Waals surface area contributed by atoms with E-state index < -0.39 is 32.4 Å². The molecular weight excluding hydrogens is 322 g/mol. The van der Waals surface area contributed by atoms with Gasteiger partial charge in [0.15, 0.2) is 5.75 Å². The number of rotatable bonds is 6. The summed E-state index contributed by atoms with van der Waals surface area (Å²) in [7, 11) is 0. The van der Waals surface area contributed by atoms with Crippen molar-refractivity contribution < 1.29 is 25.2 Å². The smallest absolute Gasteiger partial charge is 0.317 e. The quantitative estimate of drug-likeness (QED) is 0.338. The molecule has 0 atom stereocenters. The van der Waals surface area contributed by atoms with E-state index in [0.29, 0.717) is 13.1 Å². The van der Waals surface area contributed by atoms with Crippen LogP contribution >= 0.6 is 0 Å². The van der Waals surface area contributed by atoms with Gasteiger partial charge in [-0.25, -0.2) is 0 Å². The third-order valence-electron chi connectivity index (χ3n) is 2.87. The lowest BCUT2D eigenvalue weighted by Gasteiger charge is -2.19. The van der Waals surface area contributed by atoms with E-state index in [2.05, 4.69) is 5.32 Å². The Kier molecular flexibility index (Phi) is 8.82. The Labute approximate surface area is 139 Å². The predicted octanol–water partition coefficient (Wildman–Crippen LogP) is 1.07. The molecule has 0 aromatic heterocycles. The average molecular weight is 345 g/mol. The van der Waals surface area contributed by atoms with Crippen molar-refractivity contribution in [2.24, 2.45) is 0 Å². The Hall–Kier alpha value is -2.30. The van der Waals surface area contributed by atoms with Gasteiger partial charge in [-0.2, -0.15) is 0 Å². The second-order valence-electron chi connectivity index (χ2n) is 5.82. The largest absolute Gasteiger partial charge is 0.502 e. The highest BCUT2D eigenvalue weighted by molar-refractivity contribution is 5.59. The molecule has 0 aliphatic carbocycles. The van der Waals surface area contributed by atoms with Crippen LogP contribution in [0.4, 0.5) is 11.4 Å². The van der Waals surface area contributed by atoms with Crippen molar-refractivity contribution in [2.45, 2.75) is 26.2 Å². The average Bonchev–Trinajstić information content (AvgIpc) is 2.47. The number of hydrogen-bond acceptors (Lipinski definition) is 8. The molecule has 10 heteroatoms. The standard InChI is InChI=1S/C10H12N2O5.C4H11NO2/c1-10(2,3)7-4-6(11(14)15)5-8(9(7)13)12(16)17;6-3-1-5-2-4-7/h4-5,13H,1-3H3;5-7H,1-4H2. The number of non-ortho nitro benzene ring substituents is 1. The molecule has 0 aliphatic heterocycles. The topological polar surface area (TPSA) is 159 Å². The third-order valence-corrected chi connectivity index (χ3v) is 2.87. The van der Waals surface area contributed by atoms with Gasteiger partial charge in [0.05, 0.1) is 29.1 Å². The molecule has 10 nitrogen and oxygen atoms in total. The summed E-state index contributed by atoms with van der Waals surface area (Å²) in [6.07, 6.45) is 0. The fourth-order valence-electron chi connectivity index (χ4n) is 1.70. The van der Waals surface area contributed by atoms with Gasteiger partial charge < -0.3 is 20.6 Å². The van der Waals surface area contributed by atoms with Crippen LogP contribution in [0.3, 0.4) is 0 Å². The maximum atomic E-state index is 10.7. The summed E-state index contributed by atoms with van der Waals surface area (Å²) in [5.41, 5.74) is -1.50. The van der Waals surface area contributed by atoms with E-state index in [1.165, 1.54) is 0 Å². The fraction of sp³-hybridized carbons (Fsp3) is 0.571. The zero-order valence-corrected chi connectivity index (χ0v) is 13.9. The van der Waals surface area contributed by atoms with Crippen LogP contribution < -0.4 is 5.32 Å². The highest BCUT2D eigenvalue weighted by atomic mass is 16.6. The molecule has 0 unspecified atom stereocenters. The van der Waals surface area contributed by atoms with E-state index in [1.54, 1.807) is 20.8 Å².